The number of aliphatic hydroxyl groups excluding tert-OH is 2. The first-order valence-electron chi connectivity index (χ1n) is 6.60. The van der Waals surface area contributed by atoms with Crippen molar-refractivity contribution >= 4 is 0 Å². The lowest BCUT2D eigenvalue weighted by Crippen LogP contribution is -2.20. The maximum Gasteiger partial charge on any atom is 0.0431 e. The van der Waals surface area contributed by atoms with E-state index in [1.54, 1.807) is 0 Å². The lowest BCUT2D eigenvalue weighted by molar-refractivity contribution is 0.182. The second kappa shape index (κ2) is 8.12. The average molecular weight is 214 g/mol. The number of hydrogen-bond donors (Lipinski definition) is 2. The molecule has 0 aromatic heterocycles. The molecule has 2 nitrogen and oxygen atoms in total. The van der Waals surface area contributed by atoms with Gasteiger partial charge < -0.3 is 10.2 Å². The predicted octanol–water partition coefficient (Wildman–Crippen LogP) is 2.73. The van der Waals surface area contributed by atoms with E-state index in [2.05, 4.69) is 0 Å². The summed E-state index contributed by atoms with van der Waals surface area (Å²) in [5, 5.41) is 17.6. The smallest absolute Gasteiger partial charge is 0.0431 e. The van der Waals surface area contributed by atoms with Crippen molar-refractivity contribution in [2.45, 2.75) is 57.8 Å². The second-order valence-electron chi connectivity index (χ2n) is 4.89. The molecule has 0 amide bonds. The van der Waals surface area contributed by atoms with Crippen molar-refractivity contribution in [2.75, 3.05) is 13.2 Å². The van der Waals surface area contributed by atoms with Crippen LogP contribution in [0.3, 0.4) is 0 Å². The fourth-order valence-corrected chi connectivity index (χ4v) is 2.92. The Morgan fingerprint density at radius 1 is 0.733 bits per heavy atom. The third-order valence-electron chi connectivity index (χ3n) is 3.78. The zero-order chi connectivity index (χ0) is 10.9. The number of aliphatic hydroxyl groups is 2. The molecule has 1 aliphatic carbocycles. The van der Waals surface area contributed by atoms with Gasteiger partial charge in [0.15, 0.2) is 0 Å². The summed E-state index contributed by atoms with van der Waals surface area (Å²) in [5.74, 6) is 1.72. The van der Waals surface area contributed by atoms with E-state index in [1.165, 1.54) is 44.9 Å². The molecular weight excluding hydrogens is 188 g/mol. The third kappa shape index (κ3) is 4.98. The first-order chi connectivity index (χ1) is 7.38. The molecule has 0 aliphatic heterocycles. The Labute approximate surface area is 93.7 Å². The van der Waals surface area contributed by atoms with E-state index >= 15 is 0 Å². The van der Waals surface area contributed by atoms with Crippen LogP contribution in [0.5, 0.6) is 0 Å². The highest BCUT2D eigenvalue weighted by Gasteiger charge is 2.23. The minimum atomic E-state index is 0.341. The highest BCUT2D eigenvalue weighted by molar-refractivity contribution is 4.75. The quantitative estimate of drug-likeness (QED) is 0.640. The normalized spacial score (nSPS) is 26.8. The van der Waals surface area contributed by atoms with E-state index in [9.17, 15) is 0 Å². The fraction of sp³-hybridized carbons (Fsp3) is 1.00. The van der Waals surface area contributed by atoms with Crippen LogP contribution in [-0.4, -0.2) is 23.4 Å². The van der Waals surface area contributed by atoms with Gasteiger partial charge in [-0.25, -0.2) is 0 Å². The average Bonchev–Trinajstić information content (AvgIpc) is 2.28. The van der Waals surface area contributed by atoms with E-state index in [0.717, 1.165) is 24.7 Å². The van der Waals surface area contributed by atoms with E-state index in [-0.39, 0.29) is 0 Å². The van der Waals surface area contributed by atoms with E-state index < -0.39 is 0 Å². The molecule has 0 radical (unpaired) electrons. The molecule has 1 aliphatic rings. The van der Waals surface area contributed by atoms with Gasteiger partial charge in [0.05, 0.1) is 0 Å². The minimum Gasteiger partial charge on any atom is -0.396 e. The van der Waals surface area contributed by atoms with Crippen LogP contribution < -0.4 is 0 Å². The second-order valence-corrected chi connectivity index (χ2v) is 4.89. The van der Waals surface area contributed by atoms with Crippen molar-refractivity contribution in [1.82, 2.24) is 0 Å². The molecule has 2 atom stereocenters. The zero-order valence-electron chi connectivity index (χ0n) is 9.83. The molecule has 0 aromatic rings. The summed E-state index contributed by atoms with van der Waals surface area (Å²) in [7, 11) is 0. The van der Waals surface area contributed by atoms with Gasteiger partial charge in [-0.1, -0.05) is 38.5 Å². The molecule has 1 saturated carbocycles. The van der Waals surface area contributed by atoms with Crippen LogP contribution >= 0.6 is 0 Å². The first-order valence-corrected chi connectivity index (χ1v) is 6.60. The summed E-state index contributed by atoms with van der Waals surface area (Å²) < 4.78 is 0. The van der Waals surface area contributed by atoms with Gasteiger partial charge in [-0.2, -0.15) is 0 Å². The number of rotatable bonds is 7. The Morgan fingerprint density at radius 2 is 1.27 bits per heavy atom. The molecule has 90 valence electrons. The van der Waals surface area contributed by atoms with Crippen molar-refractivity contribution in [3.05, 3.63) is 0 Å². The SMILES string of the molecule is OCCCCC1CCCCC1CCCO. The van der Waals surface area contributed by atoms with E-state index in [0.29, 0.717) is 13.2 Å². The predicted molar refractivity (Wildman–Crippen MR) is 62.7 cm³/mol. The molecule has 1 fully saturated rings. The van der Waals surface area contributed by atoms with Crippen LogP contribution in [0.2, 0.25) is 0 Å². The summed E-state index contributed by atoms with van der Waals surface area (Å²) in [6.45, 7) is 0.688. The largest absolute Gasteiger partial charge is 0.396 e. The number of hydrogen-bond acceptors (Lipinski definition) is 2. The molecule has 0 saturated heterocycles. The van der Waals surface area contributed by atoms with Gasteiger partial charge in [0.1, 0.15) is 0 Å². The van der Waals surface area contributed by atoms with Gasteiger partial charge in [-0.3, -0.25) is 0 Å². The monoisotopic (exact) mass is 214 g/mol. The van der Waals surface area contributed by atoms with Gasteiger partial charge in [0.2, 0.25) is 0 Å². The van der Waals surface area contributed by atoms with Crippen LogP contribution in [0.4, 0.5) is 0 Å². The first kappa shape index (κ1) is 13.0. The molecule has 2 heteroatoms. The minimum absolute atomic E-state index is 0.341. The summed E-state index contributed by atoms with van der Waals surface area (Å²) in [6, 6.07) is 0. The molecule has 2 N–H and O–H groups in total. The fourth-order valence-electron chi connectivity index (χ4n) is 2.92. The van der Waals surface area contributed by atoms with E-state index in [1.807, 2.05) is 0 Å². The molecule has 15 heavy (non-hydrogen) atoms. The highest BCUT2D eigenvalue weighted by Crippen LogP contribution is 2.36. The summed E-state index contributed by atoms with van der Waals surface area (Å²) in [6.07, 6.45) is 11.1. The van der Waals surface area contributed by atoms with Crippen molar-refractivity contribution < 1.29 is 10.2 Å². The molecule has 0 heterocycles. The maximum atomic E-state index is 8.86. The van der Waals surface area contributed by atoms with Crippen molar-refractivity contribution in [2.24, 2.45) is 11.8 Å². The molecule has 0 aromatic carbocycles. The molecule has 2 unspecified atom stereocenters. The van der Waals surface area contributed by atoms with Gasteiger partial charge in [-0.15, -0.1) is 0 Å². The Kier molecular flexibility index (Phi) is 7.03. The lowest BCUT2D eigenvalue weighted by Gasteiger charge is -2.31. The maximum absolute atomic E-state index is 8.86. The standard InChI is InChI=1S/C13H26O2/c14-10-4-3-8-12-6-1-2-7-13(12)9-5-11-15/h12-15H,1-11H2. The molecule has 0 spiro atoms. The topological polar surface area (TPSA) is 40.5 Å². The van der Waals surface area contributed by atoms with Crippen LogP contribution in [0.25, 0.3) is 0 Å². The van der Waals surface area contributed by atoms with Gasteiger partial charge in [0.25, 0.3) is 0 Å². The van der Waals surface area contributed by atoms with Crippen LogP contribution in [0.15, 0.2) is 0 Å². The third-order valence-corrected chi connectivity index (χ3v) is 3.78. The Balaban J connectivity index is 2.22. The summed E-state index contributed by atoms with van der Waals surface area (Å²) in [5.41, 5.74) is 0. The van der Waals surface area contributed by atoms with Crippen LogP contribution in [-0.2, 0) is 0 Å². The lowest BCUT2D eigenvalue weighted by atomic mass is 9.75. The Hall–Kier alpha value is -0.0800. The highest BCUT2D eigenvalue weighted by atomic mass is 16.3. The van der Waals surface area contributed by atoms with Crippen LogP contribution in [0.1, 0.15) is 57.8 Å². The summed E-state index contributed by atoms with van der Waals surface area (Å²) >= 11 is 0. The Morgan fingerprint density at radius 3 is 1.80 bits per heavy atom. The van der Waals surface area contributed by atoms with Crippen LogP contribution in [0, 0.1) is 11.8 Å². The van der Waals surface area contributed by atoms with Crippen molar-refractivity contribution in [3.63, 3.8) is 0 Å². The zero-order valence-corrected chi connectivity index (χ0v) is 9.83. The number of unbranched alkanes of at least 4 members (excludes halogenated alkanes) is 1. The molecule has 0 bridgehead atoms. The van der Waals surface area contributed by atoms with Gasteiger partial charge in [-0.05, 0) is 31.1 Å². The molecular formula is C13H26O2. The summed E-state index contributed by atoms with van der Waals surface area (Å²) in [4.78, 5) is 0. The van der Waals surface area contributed by atoms with Crippen molar-refractivity contribution in [3.8, 4) is 0 Å². The van der Waals surface area contributed by atoms with Gasteiger partial charge >= 0.3 is 0 Å². The Bertz CT molecular complexity index is 147. The molecule has 1 rings (SSSR count). The van der Waals surface area contributed by atoms with Crippen molar-refractivity contribution in [1.29, 1.82) is 0 Å². The van der Waals surface area contributed by atoms with E-state index in [4.69, 9.17) is 10.2 Å². The van der Waals surface area contributed by atoms with Gasteiger partial charge in [0, 0.05) is 13.2 Å².